The summed E-state index contributed by atoms with van der Waals surface area (Å²) in [5.74, 6) is 1.04. The van der Waals surface area contributed by atoms with Gasteiger partial charge >= 0.3 is 0 Å². The number of hydrogen-bond acceptors (Lipinski definition) is 1. The lowest BCUT2D eigenvalue weighted by Crippen LogP contribution is -2.23. The molecule has 1 aromatic carbocycles. The van der Waals surface area contributed by atoms with E-state index in [2.05, 4.69) is 69.8 Å². The van der Waals surface area contributed by atoms with Gasteiger partial charge in [0.1, 0.15) is 0 Å². The molecule has 17 heavy (non-hydrogen) atoms. The van der Waals surface area contributed by atoms with Gasteiger partial charge in [-0.2, -0.15) is 0 Å². The van der Waals surface area contributed by atoms with Crippen molar-refractivity contribution in [1.29, 1.82) is 0 Å². The zero-order valence-corrected chi connectivity index (χ0v) is 10.9. The molecule has 1 unspecified atom stereocenters. The van der Waals surface area contributed by atoms with Crippen LogP contribution in [0.25, 0.3) is 0 Å². The highest BCUT2D eigenvalue weighted by molar-refractivity contribution is 5.28. The van der Waals surface area contributed by atoms with E-state index in [9.17, 15) is 0 Å². The van der Waals surface area contributed by atoms with Gasteiger partial charge in [-0.15, -0.1) is 6.58 Å². The summed E-state index contributed by atoms with van der Waals surface area (Å²) in [6.07, 6.45) is 2.07. The fourth-order valence-corrected chi connectivity index (χ4v) is 2.26. The van der Waals surface area contributed by atoms with Crippen molar-refractivity contribution in [3.63, 3.8) is 0 Å². The lowest BCUT2D eigenvalue weighted by atomic mass is 9.86. The van der Waals surface area contributed by atoms with E-state index in [1.165, 1.54) is 11.1 Å². The van der Waals surface area contributed by atoms with E-state index in [4.69, 9.17) is 0 Å². The van der Waals surface area contributed by atoms with Gasteiger partial charge in [0.2, 0.25) is 0 Å². The maximum atomic E-state index is 3.98. The molecule has 0 saturated carbocycles. The summed E-state index contributed by atoms with van der Waals surface area (Å²) < 4.78 is 0. The Balaban J connectivity index is 0.00000256. The van der Waals surface area contributed by atoms with Crippen LogP contribution in [0.15, 0.2) is 36.9 Å². The van der Waals surface area contributed by atoms with Crippen molar-refractivity contribution in [3.8, 4) is 0 Å². The smallest absolute Gasteiger partial charge is 0.00532 e. The first-order chi connectivity index (χ1) is 7.54. The Morgan fingerprint density at radius 2 is 2.00 bits per heavy atom. The van der Waals surface area contributed by atoms with E-state index in [0.717, 1.165) is 6.54 Å². The summed E-state index contributed by atoms with van der Waals surface area (Å²) in [5, 5.41) is 0. The molecule has 0 aliphatic rings. The van der Waals surface area contributed by atoms with E-state index in [1.54, 1.807) is 0 Å². The summed E-state index contributed by atoms with van der Waals surface area (Å²) in [4.78, 5) is 2.23. The molecule has 0 amide bonds. The van der Waals surface area contributed by atoms with Crippen LogP contribution in [0, 0.1) is 12.8 Å². The van der Waals surface area contributed by atoms with Gasteiger partial charge in [0.05, 0.1) is 0 Å². The molecular weight excluding hydrogens is 206 g/mol. The highest BCUT2D eigenvalue weighted by Gasteiger charge is 2.16. The molecule has 1 nitrogen and oxygen atoms in total. The van der Waals surface area contributed by atoms with Crippen molar-refractivity contribution in [1.82, 2.24) is 4.90 Å². The van der Waals surface area contributed by atoms with Crippen molar-refractivity contribution in [2.45, 2.75) is 27.2 Å². The molecule has 0 spiro atoms. The predicted octanol–water partition coefficient (Wildman–Crippen LogP) is 4.10. The largest absolute Gasteiger partial charge is 0.309 e. The summed E-state index contributed by atoms with van der Waals surface area (Å²) in [5.41, 5.74) is 2.70. The van der Waals surface area contributed by atoms with E-state index >= 15 is 0 Å². The van der Waals surface area contributed by atoms with Crippen molar-refractivity contribution in [2.75, 3.05) is 20.6 Å². The maximum absolute atomic E-state index is 3.98. The molecule has 0 aliphatic heterocycles. The van der Waals surface area contributed by atoms with Crippen molar-refractivity contribution in [2.24, 2.45) is 5.92 Å². The number of rotatable bonds is 5. The first-order valence-corrected chi connectivity index (χ1v) is 5.88. The monoisotopic (exact) mass is 233 g/mol. The molecule has 0 aliphatic carbocycles. The van der Waals surface area contributed by atoms with Crippen LogP contribution in [-0.2, 0) is 0 Å². The molecule has 0 fully saturated rings. The van der Waals surface area contributed by atoms with E-state index in [0.29, 0.717) is 11.8 Å². The molecule has 0 bridgehead atoms. The van der Waals surface area contributed by atoms with Crippen LogP contribution in [0.5, 0.6) is 0 Å². The van der Waals surface area contributed by atoms with Crippen LogP contribution in [0.4, 0.5) is 0 Å². The Bertz CT molecular complexity index is 341. The maximum Gasteiger partial charge on any atom is 0.00532 e. The fourth-order valence-electron chi connectivity index (χ4n) is 2.26. The Labute approximate surface area is 107 Å². The summed E-state index contributed by atoms with van der Waals surface area (Å²) in [7, 11) is 4.24. The SMILES string of the molecule is C.C=CC(c1cccc(C)c1)[C@@H](C)CN(C)C. The quantitative estimate of drug-likeness (QED) is 0.692. The average Bonchev–Trinajstić information content (AvgIpc) is 2.17. The zero-order chi connectivity index (χ0) is 12.1. The van der Waals surface area contributed by atoms with Gasteiger partial charge in [-0.1, -0.05) is 50.3 Å². The third-order valence-corrected chi connectivity index (χ3v) is 2.95. The van der Waals surface area contributed by atoms with Gasteiger partial charge in [0.25, 0.3) is 0 Å². The number of benzene rings is 1. The van der Waals surface area contributed by atoms with Crippen LogP contribution in [0.1, 0.15) is 31.4 Å². The molecule has 0 radical (unpaired) electrons. The standard InChI is InChI=1S/C15H23N.CH4/c1-6-15(13(3)11-16(4)5)14-9-7-8-12(2)10-14;/h6-10,13,15H,1,11H2,2-5H3;1H4/t13-,15?;/m0./s1. The van der Waals surface area contributed by atoms with Gasteiger partial charge in [-0.25, -0.2) is 0 Å². The number of hydrogen-bond donors (Lipinski definition) is 0. The number of nitrogens with zero attached hydrogens (tertiary/aromatic N) is 1. The molecule has 0 N–H and O–H groups in total. The Kier molecular flexibility index (Phi) is 6.82. The molecule has 0 saturated heterocycles. The lowest BCUT2D eigenvalue weighted by molar-refractivity contribution is 0.323. The van der Waals surface area contributed by atoms with Crippen LogP contribution in [0.3, 0.4) is 0 Å². The van der Waals surface area contributed by atoms with Gasteiger partial charge < -0.3 is 4.90 Å². The molecule has 1 aromatic rings. The first-order valence-electron chi connectivity index (χ1n) is 5.88. The molecular formula is C16H27N. The molecule has 0 heterocycles. The highest BCUT2D eigenvalue weighted by Crippen LogP contribution is 2.26. The van der Waals surface area contributed by atoms with Crippen molar-refractivity contribution in [3.05, 3.63) is 48.0 Å². The first kappa shape index (κ1) is 15.9. The van der Waals surface area contributed by atoms with Crippen LogP contribution >= 0.6 is 0 Å². The average molecular weight is 233 g/mol. The minimum Gasteiger partial charge on any atom is -0.309 e. The van der Waals surface area contributed by atoms with Crippen molar-refractivity contribution >= 4 is 0 Å². The lowest BCUT2D eigenvalue weighted by Gasteiger charge is -2.24. The molecule has 2 atom stereocenters. The molecule has 96 valence electrons. The Morgan fingerprint density at radius 1 is 1.35 bits per heavy atom. The minimum absolute atomic E-state index is 0. The minimum atomic E-state index is 0. The fraction of sp³-hybridized carbons (Fsp3) is 0.500. The second-order valence-corrected chi connectivity index (χ2v) is 4.92. The van der Waals surface area contributed by atoms with Gasteiger partial charge in [0.15, 0.2) is 0 Å². The van der Waals surface area contributed by atoms with Crippen molar-refractivity contribution < 1.29 is 0 Å². The van der Waals surface area contributed by atoms with Gasteiger partial charge in [-0.3, -0.25) is 0 Å². The number of allylic oxidation sites excluding steroid dienone is 1. The summed E-state index contributed by atoms with van der Waals surface area (Å²) >= 11 is 0. The van der Waals surface area contributed by atoms with Gasteiger partial charge in [0, 0.05) is 12.5 Å². The van der Waals surface area contributed by atoms with Crippen LogP contribution in [0.2, 0.25) is 0 Å². The topological polar surface area (TPSA) is 3.24 Å². The third-order valence-electron chi connectivity index (χ3n) is 2.95. The van der Waals surface area contributed by atoms with Crippen LogP contribution < -0.4 is 0 Å². The zero-order valence-electron chi connectivity index (χ0n) is 10.9. The Hall–Kier alpha value is -1.08. The van der Waals surface area contributed by atoms with Gasteiger partial charge in [-0.05, 0) is 32.5 Å². The van der Waals surface area contributed by atoms with E-state index < -0.39 is 0 Å². The van der Waals surface area contributed by atoms with Crippen LogP contribution in [-0.4, -0.2) is 25.5 Å². The van der Waals surface area contributed by atoms with E-state index in [-0.39, 0.29) is 7.43 Å². The summed E-state index contributed by atoms with van der Waals surface area (Å²) in [6.45, 7) is 9.49. The second kappa shape index (κ2) is 7.29. The second-order valence-electron chi connectivity index (χ2n) is 4.92. The Morgan fingerprint density at radius 3 is 2.47 bits per heavy atom. The normalized spacial score (nSPS) is 13.9. The molecule has 1 rings (SSSR count). The highest BCUT2D eigenvalue weighted by atomic mass is 15.1. The van der Waals surface area contributed by atoms with E-state index in [1.807, 2.05) is 0 Å². The summed E-state index contributed by atoms with van der Waals surface area (Å²) in [6, 6.07) is 8.73. The number of aryl methyl sites for hydroxylation is 1. The molecule has 1 heteroatoms. The third kappa shape index (κ3) is 4.74. The predicted molar refractivity (Wildman–Crippen MR) is 78.6 cm³/mol. The molecule has 0 aromatic heterocycles.